The molecular formula is C20H24F12O10. The number of rotatable bonds is 8. The monoisotopic (exact) mass is 652 g/mol. The van der Waals surface area contributed by atoms with Crippen molar-refractivity contribution in [3.8, 4) is 0 Å². The van der Waals surface area contributed by atoms with E-state index in [4.69, 9.17) is 0 Å². The van der Waals surface area contributed by atoms with Gasteiger partial charge in [-0.25, -0.2) is 9.59 Å². The number of carbonyl (C=O) groups is 4. The molecule has 0 aliphatic heterocycles. The number of esters is 2. The Kier molecular flexibility index (Phi) is 15.3. The van der Waals surface area contributed by atoms with Crippen LogP contribution in [0.1, 0.15) is 41.5 Å². The van der Waals surface area contributed by atoms with Gasteiger partial charge in [-0.2, -0.15) is 52.7 Å². The number of alkyl halides is 12. The summed E-state index contributed by atoms with van der Waals surface area (Å²) in [6, 6.07) is 0. The molecule has 0 aromatic heterocycles. The Bertz CT molecular complexity index is 794. The summed E-state index contributed by atoms with van der Waals surface area (Å²) in [5, 5.41) is 0. The van der Waals surface area contributed by atoms with Crippen LogP contribution in [-0.2, 0) is 38.0 Å². The summed E-state index contributed by atoms with van der Waals surface area (Å²) in [5.41, 5.74) is 0. The van der Waals surface area contributed by atoms with Crippen LogP contribution in [-0.4, -0.2) is 73.7 Å². The third-order valence-corrected chi connectivity index (χ3v) is 3.65. The fourth-order valence-electron chi connectivity index (χ4n) is 1.80. The molecule has 0 saturated carbocycles. The molecular weight excluding hydrogens is 628 g/mol. The summed E-state index contributed by atoms with van der Waals surface area (Å²) >= 11 is 0. The minimum atomic E-state index is -5.85. The van der Waals surface area contributed by atoms with Crippen LogP contribution >= 0.6 is 0 Å². The van der Waals surface area contributed by atoms with E-state index in [1.807, 2.05) is 0 Å². The van der Waals surface area contributed by atoms with Gasteiger partial charge < -0.3 is 28.4 Å². The summed E-state index contributed by atoms with van der Waals surface area (Å²) in [4.78, 5) is 43.9. The molecule has 0 rings (SSSR count). The van der Waals surface area contributed by atoms with E-state index < -0.39 is 85.6 Å². The van der Waals surface area contributed by atoms with Crippen LogP contribution in [0.25, 0.3) is 0 Å². The molecule has 0 saturated heterocycles. The van der Waals surface area contributed by atoms with E-state index >= 15 is 0 Å². The molecule has 0 heterocycles. The van der Waals surface area contributed by atoms with Gasteiger partial charge in [0, 0.05) is 13.8 Å². The van der Waals surface area contributed by atoms with Crippen molar-refractivity contribution >= 4 is 24.2 Å². The lowest BCUT2D eigenvalue weighted by molar-refractivity contribution is -0.313. The second-order valence-corrected chi connectivity index (χ2v) is 8.22. The molecule has 0 unspecified atom stereocenters. The third kappa shape index (κ3) is 16.8. The zero-order chi connectivity index (χ0) is 34.0. The van der Waals surface area contributed by atoms with Crippen molar-refractivity contribution < 1.29 is 100 Å². The van der Waals surface area contributed by atoms with Gasteiger partial charge in [-0.15, -0.1) is 0 Å². The highest BCUT2D eigenvalue weighted by Crippen LogP contribution is 2.37. The Morgan fingerprint density at radius 3 is 0.786 bits per heavy atom. The maximum absolute atomic E-state index is 12.1. The van der Waals surface area contributed by atoms with Gasteiger partial charge >= 0.3 is 49.0 Å². The molecule has 0 bridgehead atoms. The van der Waals surface area contributed by atoms with Crippen LogP contribution in [0, 0.1) is 11.8 Å². The van der Waals surface area contributed by atoms with E-state index in [1.54, 1.807) is 0 Å². The summed E-state index contributed by atoms with van der Waals surface area (Å²) in [6.07, 6.45) is -40.0. The van der Waals surface area contributed by atoms with Crippen LogP contribution in [0.15, 0.2) is 0 Å². The van der Waals surface area contributed by atoms with Gasteiger partial charge in [-0.3, -0.25) is 9.59 Å². The molecule has 0 aromatic carbocycles. The minimum Gasteiger partial charge on any atom is -0.425 e. The smallest absolute Gasteiger partial charge is 0.425 e. The predicted octanol–water partition coefficient (Wildman–Crippen LogP) is 6.36. The van der Waals surface area contributed by atoms with Crippen molar-refractivity contribution in [1.29, 1.82) is 0 Å². The second kappa shape index (κ2) is 15.8. The van der Waals surface area contributed by atoms with Gasteiger partial charge in [0.2, 0.25) is 12.6 Å². The van der Waals surface area contributed by atoms with Crippen LogP contribution in [0.4, 0.5) is 62.3 Å². The molecule has 0 aliphatic rings. The molecule has 10 nitrogen and oxygen atoms in total. The molecule has 22 heteroatoms. The Hall–Kier alpha value is -3.36. The van der Waals surface area contributed by atoms with E-state index in [0.717, 1.165) is 13.8 Å². The topological polar surface area (TPSA) is 124 Å². The van der Waals surface area contributed by atoms with Gasteiger partial charge in [-0.05, 0) is 0 Å². The van der Waals surface area contributed by atoms with Crippen molar-refractivity contribution in [3.63, 3.8) is 0 Å². The molecule has 0 amide bonds. The van der Waals surface area contributed by atoms with E-state index in [-0.39, 0.29) is 0 Å². The van der Waals surface area contributed by atoms with Gasteiger partial charge in [0.15, 0.2) is 0 Å². The van der Waals surface area contributed by atoms with Crippen LogP contribution < -0.4 is 0 Å². The molecule has 0 aromatic rings. The first-order valence-electron chi connectivity index (χ1n) is 10.9. The second-order valence-electron chi connectivity index (χ2n) is 8.22. The van der Waals surface area contributed by atoms with Crippen molar-refractivity contribution in [1.82, 2.24) is 0 Å². The molecule has 0 aliphatic carbocycles. The SMILES string of the molecule is CC(C)C(=O)O[C@@H](C)OC(=O)OC(C(F)(F)F)C(F)(F)F.CC(C)C(=O)O[C@H](C)OC(=O)OC(C(F)(F)F)C(F)(F)F. The van der Waals surface area contributed by atoms with Crippen LogP contribution in [0.2, 0.25) is 0 Å². The average molecular weight is 652 g/mol. The Morgan fingerprint density at radius 1 is 0.405 bits per heavy atom. The molecule has 2 atom stereocenters. The third-order valence-electron chi connectivity index (χ3n) is 3.65. The summed E-state index contributed by atoms with van der Waals surface area (Å²) in [5.74, 6) is -2.99. The Labute approximate surface area is 228 Å². The number of hydrogen-bond donors (Lipinski definition) is 0. The Balaban J connectivity index is 0. The first kappa shape index (κ1) is 40.8. The maximum atomic E-state index is 12.1. The molecule has 0 fully saturated rings. The largest absolute Gasteiger partial charge is 0.512 e. The predicted molar refractivity (Wildman–Crippen MR) is 108 cm³/mol. The van der Waals surface area contributed by atoms with Crippen molar-refractivity contribution in [2.24, 2.45) is 11.8 Å². The van der Waals surface area contributed by atoms with Crippen molar-refractivity contribution in [3.05, 3.63) is 0 Å². The highest BCUT2D eigenvalue weighted by Gasteiger charge is 2.61. The minimum absolute atomic E-state index is 0.634. The summed E-state index contributed by atoms with van der Waals surface area (Å²) in [7, 11) is 0. The van der Waals surface area contributed by atoms with Gasteiger partial charge in [0.05, 0.1) is 11.8 Å². The maximum Gasteiger partial charge on any atom is 0.512 e. The van der Waals surface area contributed by atoms with Crippen LogP contribution in [0.3, 0.4) is 0 Å². The number of halogens is 12. The summed E-state index contributed by atoms with van der Waals surface area (Å²) in [6.45, 7) is 7.51. The fourth-order valence-corrected chi connectivity index (χ4v) is 1.80. The molecule has 0 N–H and O–H groups in total. The van der Waals surface area contributed by atoms with Gasteiger partial charge in [0.1, 0.15) is 0 Å². The standard InChI is InChI=1S/2C10H12F6O5/c2*1-4(2)6(17)19-5(3)20-8(18)21-7(9(11,12)13)10(14,15)16/h2*4-5,7H,1-3H3/t2*5-/m10/s1. The fraction of sp³-hybridized carbons (Fsp3) is 0.800. The first-order chi connectivity index (χ1) is 18.5. The highest BCUT2D eigenvalue weighted by molar-refractivity contribution is 5.72. The van der Waals surface area contributed by atoms with Crippen molar-refractivity contribution in [2.75, 3.05) is 0 Å². The zero-order valence-electron chi connectivity index (χ0n) is 22.1. The van der Waals surface area contributed by atoms with Crippen molar-refractivity contribution in [2.45, 2.75) is 91.0 Å². The van der Waals surface area contributed by atoms with E-state index in [1.165, 1.54) is 27.7 Å². The van der Waals surface area contributed by atoms with E-state index in [2.05, 4.69) is 28.4 Å². The quantitative estimate of drug-likeness (QED) is 0.127. The highest BCUT2D eigenvalue weighted by atomic mass is 19.4. The average Bonchev–Trinajstić information content (AvgIpc) is 2.72. The molecule has 248 valence electrons. The molecule has 0 radical (unpaired) electrons. The normalized spacial score (nSPS) is 14.0. The Morgan fingerprint density at radius 2 is 0.619 bits per heavy atom. The lowest BCUT2D eigenvalue weighted by Gasteiger charge is -2.23. The molecule has 0 spiro atoms. The van der Waals surface area contributed by atoms with Crippen LogP contribution in [0.5, 0.6) is 0 Å². The number of hydrogen-bond acceptors (Lipinski definition) is 10. The van der Waals surface area contributed by atoms with Gasteiger partial charge in [0.25, 0.3) is 12.2 Å². The zero-order valence-corrected chi connectivity index (χ0v) is 22.1. The van der Waals surface area contributed by atoms with E-state index in [9.17, 15) is 71.9 Å². The lowest BCUT2D eigenvalue weighted by atomic mass is 10.2. The van der Waals surface area contributed by atoms with E-state index in [0.29, 0.717) is 0 Å². The van der Waals surface area contributed by atoms with Gasteiger partial charge in [-0.1, -0.05) is 27.7 Å². The molecule has 42 heavy (non-hydrogen) atoms. The number of ether oxygens (including phenoxy) is 6. The lowest BCUT2D eigenvalue weighted by Crippen LogP contribution is -2.46. The number of carbonyl (C=O) groups excluding carboxylic acids is 4. The first-order valence-corrected chi connectivity index (χ1v) is 10.9. The summed E-state index contributed by atoms with van der Waals surface area (Å²) < 4.78 is 168.